The zero-order chi connectivity index (χ0) is 17.4. The van der Waals surface area contributed by atoms with Crippen LogP contribution in [0.15, 0.2) is 42.5 Å². The Morgan fingerprint density at radius 3 is 2.60 bits per heavy atom. The van der Waals surface area contributed by atoms with Crippen molar-refractivity contribution in [2.45, 2.75) is 24.7 Å². The summed E-state index contributed by atoms with van der Waals surface area (Å²) in [7, 11) is 0. The van der Waals surface area contributed by atoms with Crippen molar-refractivity contribution in [2.75, 3.05) is 13.2 Å². The molecule has 0 aliphatic carbocycles. The van der Waals surface area contributed by atoms with Crippen LogP contribution < -0.4 is 4.74 Å². The lowest BCUT2D eigenvalue weighted by Crippen LogP contribution is -2.41. The van der Waals surface area contributed by atoms with Crippen LogP contribution in [0.5, 0.6) is 5.75 Å². The first-order chi connectivity index (χ1) is 12.1. The van der Waals surface area contributed by atoms with Crippen molar-refractivity contribution >= 4 is 5.97 Å². The zero-order valence-electron chi connectivity index (χ0n) is 13.4. The maximum atomic E-state index is 14.8. The highest BCUT2D eigenvalue weighted by molar-refractivity contribution is 5.82. The van der Waals surface area contributed by atoms with Gasteiger partial charge >= 0.3 is 5.97 Å². The molecule has 0 radical (unpaired) electrons. The second-order valence-corrected chi connectivity index (χ2v) is 6.19. The quantitative estimate of drug-likeness (QED) is 0.926. The van der Waals surface area contributed by atoms with Gasteiger partial charge in [0.25, 0.3) is 0 Å². The van der Waals surface area contributed by atoms with Gasteiger partial charge in [-0.15, -0.1) is 0 Å². The summed E-state index contributed by atoms with van der Waals surface area (Å²) in [6, 6.07) is 11.4. The summed E-state index contributed by atoms with van der Waals surface area (Å²) in [4.78, 5) is 12.0. The third-order valence-corrected chi connectivity index (χ3v) is 4.57. The van der Waals surface area contributed by atoms with E-state index < -0.39 is 23.7 Å². The van der Waals surface area contributed by atoms with Gasteiger partial charge in [-0.1, -0.05) is 30.3 Å². The van der Waals surface area contributed by atoms with E-state index in [4.69, 9.17) is 14.2 Å². The molecule has 0 saturated carbocycles. The highest BCUT2D eigenvalue weighted by Crippen LogP contribution is 2.43. The Morgan fingerprint density at radius 2 is 1.92 bits per heavy atom. The molecule has 2 aliphatic rings. The van der Waals surface area contributed by atoms with E-state index >= 15 is 0 Å². The number of carbonyl (C=O) groups is 1. The summed E-state index contributed by atoms with van der Waals surface area (Å²) in [5, 5.41) is 9.79. The van der Waals surface area contributed by atoms with Crippen molar-refractivity contribution in [3.8, 4) is 5.75 Å². The fraction of sp³-hybridized carbons (Fsp3) is 0.316. The first kappa shape index (κ1) is 16.1. The van der Waals surface area contributed by atoms with Crippen LogP contribution in [0.25, 0.3) is 0 Å². The predicted octanol–water partition coefficient (Wildman–Crippen LogP) is 3.18. The molecule has 1 unspecified atom stereocenters. The van der Waals surface area contributed by atoms with Gasteiger partial charge in [-0.25, -0.2) is 9.18 Å². The number of para-hydroxylation sites is 1. The van der Waals surface area contributed by atoms with Crippen molar-refractivity contribution in [1.82, 2.24) is 0 Å². The molecule has 5 nitrogen and oxygen atoms in total. The molecule has 25 heavy (non-hydrogen) atoms. The molecule has 1 atom stereocenters. The van der Waals surface area contributed by atoms with Crippen LogP contribution in [-0.4, -0.2) is 24.3 Å². The second kappa shape index (κ2) is 6.13. The second-order valence-electron chi connectivity index (χ2n) is 6.19. The molecule has 2 aromatic carbocycles. The Kier molecular flexibility index (Phi) is 3.94. The van der Waals surface area contributed by atoms with Crippen LogP contribution >= 0.6 is 0 Å². The summed E-state index contributed by atoms with van der Waals surface area (Å²) in [5.74, 6) is -1.40. The molecular weight excluding hydrogens is 327 g/mol. The number of benzene rings is 2. The van der Waals surface area contributed by atoms with Crippen LogP contribution in [0, 0.1) is 5.82 Å². The summed E-state index contributed by atoms with van der Waals surface area (Å²) in [5.41, 5.74) is -0.499. The number of aliphatic carboxylic acids is 1. The van der Waals surface area contributed by atoms with E-state index in [0.29, 0.717) is 24.5 Å². The van der Waals surface area contributed by atoms with Crippen LogP contribution in [0.1, 0.15) is 29.4 Å². The molecule has 1 fully saturated rings. The SMILES string of the molecule is O=C(O)C1(c2ccc(C3OCCCO3)cc2F)Cc2ccccc2O1. The number of hydrogen-bond donors (Lipinski definition) is 1. The van der Waals surface area contributed by atoms with Gasteiger partial charge in [0.2, 0.25) is 5.60 Å². The summed E-state index contributed by atoms with van der Waals surface area (Å²) in [6.45, 7) is 1.09. The number of hydrogen-bond acceptors (Lipinski definition) is 4. The lowest BCUT2D eigenvalue weighted by atomic mass is 9.88. The van der Waals surface area contributed by atoms with Crippen molar-refractivity contribution in [3.63, 3.8) is 0 Å². The van der Waals surface area contributed by atoms with Crippen LogP contribution in [0.2, 0.25) is 0 Å². The highest BCUT2D eigenvalue weighted by atomic mass is 19.1. The van der Waals surface area contributed by atoms with Gasteiger partial charge in [-0.05, 0) is 24.1 Å². The van der Waals surface area contributed by atoms with Gasteiger partial charge in [0.05, 0.1) is 13.2 Å². The van der Waals surface area contributed by atoms with Gasteiger partial charge in [0.1, 0.15) is 11.6 Å². The van der Waals surface area contributed by atoms with E-state index in [-0.39, 0.29) is 12.0 Å². The number of halogens is 1. The topological polar surface area (TPSA) is 65.0 Å². The summed E-state index contributed by atoms with van der Waals surface area (Å²) >= 11 is 0. The Labute approximate surface area is 143 Å². The monoisotopic (exact) mass is 344 g/mol. The van der Waals surface area contributed by atoms with Crippen molar-refractivity contribution in [1.29, 1.82) is 0 Å². The molecule has 0 aromatic heterocycles. The third kappa shape index (κ3) is 2.67. The number of rotatable bonds is 3. The fourth-order valence-electron chi connectivity index (χ4n) is 3.31. The number of ether oxygens (including phenoxy) is 3. The van der Waals surface area contributed by atoms with Gasteiger partial charge in [0, 0.05) is 17.5 Å². The fourth-order valence-corrected chi connectivity index (χ4v) is 3.31. The Balaban J connectivity index is 1.71. The maximum absolute atomic E-state index is 14.8. The molecule has 130 valence electrons. The molecule has 0 amide bonds. The van der Waals surface area contributed by atoms with E-state index in [2.05, 4.69) is 0 Å². The first-order valence-electron chi connectivity index (χ1n) is 8.13. The largest absolute Gasteiger partial charge is 0.478 e. The van der Waals surface area contributed by atoms with Gasteiger partial charge in [-0.2, -0.15) is 0 Å². The van der Waals surface area contributed by atoms with Crippen molar-refractivity contribution in [3.05, 3.63) is 65.0 Å². The Morgan fingerprint density at radius 1 is 1.16 bits per heavy atom. The molecule has 2 heterocycles. The summed E-state index contributed by atoms with van der Waals surface area (Å²) in [6.07, 6.45) is 0.246. The summed E-state index contributed by atoms with van der Waals surface area (Å²) < 4.78 is 31.5. The van der Waals surface area contributed by atoms with Crippen LogP contribution in [-0.2, 0) is 26.3 Å². The molecule has 0 spiro atoms. The molecule has 4 rings (SSSR count). The first-order valence-corrected chi connectivity index (χ1v) is 8.13. The number of fused-ring (bicyclic) bond motifs is 1. The predicted molar refractivity (Wildman–Crippen MR) is 85.7 cm³/mol. The van der Waals surface area contributed by atoms with E-state index in [1.54, 1.807) is 30.3 Å². The zero-order valence-corrected chi connectivity index (χ0v) is 13.4. The minimum absolute atomic E-state index is 0.00393. The minimum Gasteiger partial charge on any atom is -0.478 e. The Bertz CT molecular complexity index is 788. The smallest absolute Gasteiger partial charge is 0.353 e. The van der Waals surface area contributed by atoms with E-state index in [1.165, 1.54) is 12.1 Å². The molecule has 6 heteroatoms. The van der Waals surface area contributed by atoms with Crippen LogP contribution in [0.4, 0.5) is 4.39 Å². The molecule has 2 aromatic rings. The minimum atomic E-state index is -1.76. The average molecular weight is 344 g/mol. The number of carboxylic acids is 1. The normalized spacial score (nSPS) is 23.1. The molecule has 0 bridgehead atoms. The molecule has 1 N–H and O–H groups in total. The van der Waals surface area contributed by atoms with E-state index in [9.17, 15) is 14.3 Å². The van der Waals surface area contributed by atoms with E-state index in [1.807, 2.05) is 0 Å². The van der Waals surface area contributed by atoms with Gasteiger partial charge in [0.15, 0.2) is 6.29 Å². The van der Waals surface area contributed by atoms with Gasteiger partial charge < -0.3 is 19.3 Å². The maximum Gasteiger partial charge on any atom is 0.353 e. The lowest BCUT2D eigenvalue weighted by molar-refractivity contribution is -0.183. The Hall–Kier alpha value is -2.44. The third-order valence-electron chi connectivity index (χ3n) is 4.57. The lowest BCUT2D eigenvalue weighted by Gasteiger charge is -2.27. The molecule has 1 saturated heterocycles. The highest BCUT2D eigenvalue weighted by Gasteiger charge is 2.50. The van der Waals surface area contributed by atoms with Crippen molar-refractivity contribution in [2.24, 2.45) is 0 Å². The number of carboxylic acid groups (broad SMARTS) is 1. The molecular formula is C19H17FO5. The van der Waals surface area contributed by atoms with Gasteiger partial charge in [-0.3, -0.25) is 0 Å². The van der Waals surface area contributed by atoms with Crippen LogP contribution in [0.3, 0.4) is 0 Å². The standard InChI is InChI=1S/C19H17FO5/c20-15-10-12(17-23-8-3-9-24-17)6-7-14(15)19(18(21)22)11-13-4-1-2-5-16(13)25-19/h1-2,4-7,10,17H,3,8-9,11H2,(H,21,22). The average Bonchev–Trinajstić information content (AvgIpc) is 3.03. The van der Waals surface area contributed by atoms with Crippen molar-refractivity contribution < 1.29 is 28.5 Å². The van der Waals surface area contributed by atoms with E-state index in [0.717, 1.165) is 12.0 Å². The molecule has 2 aliphatic heterocycles.